The fourth-order valence-electron chi connectivity index (χ4n) is 12.8. The predicted molar refractivity (Wildman–Crippen MR) is 375 cm³/mol. The maximum atomic E-state index is 12.6. The highest BCUT2D eigenvalue weighted by Gasteiger charge is 2.20. The average molecular weight is 1200 g/mol. The van der Waals surface area contributed by atoms with Gasteiger partial charge in [-0.1, -0.05) is 405 Å². The molecule has 0 saturated carbocycles. The zero-order valence-corrected chi connectivity index (χ0v) is 58.1. The lowest BCUT2D eigenvalue weighted by Gasteiger charge is -2.22. The molecule has 6 nitrogen and oxygen atoms in total. The smallest absolute Gasteiger partial charge is 0.305 e. The molecule has 3 N–H and O–H groups in total. The molecule has 0 aromatic carbocycles. The summed E-state index contributed by atoms with van der Waals surface area (Å²) in [6.07, 6.45) is 94.4. The Labute approximate surface area is 533 Å². The van der Waals surface area contributed by atoms with E-state index in [1.807, 2.05) is 0 Å². The molecule has 6 heteroatoms. The zero-order chi connectivity index (χ0) is 61.3. The summed E-state index contributed by atoms with van der Waals surface area (Å²) < 4.78 is 5.52. The molecule has 0 aliphatic carbocycles. The summed E-state index contributed by atoms with van der Waals surface area (Å²) in [4.78, 5) is 24.7. The van der Waals surface area contributed by atoms with Crippen LogP contribution in [0.25, 0.3) is 0 Å². The Hall–Kier alpha value is -1.40. The van der Waals surface area contributed by atoms with Crippen LogP contribution in [0.3, 0.4) is 0 Å². The summed E-state index contributed by atoms with van der Waals surface area (Å²) in [6.45, 7) is 5.01. The minimum Gasteiger partial charge on any atom is -0.466 e. The summed E-state index contributed by atoms with van der Waals surface area (Å²) in [7, 11) is 0. The molecule has 0 heterocycles. The van der Waals surface area contributed by atoms with Gasteiger partial charge in [0.25, 0.3) is 0 Å². The number of aliphatic hydroxyl groups excluding tert-OH is 2. The van der Waals surface area contributed by atoms with Gasteiger partial charge in [0.05, 0.1) is 25.4 Å². The van der Waals surface area contributed by atoms with Crippen molar-refractivity contribution in [1.82, 2.24) is 5.32 Å². The van der Waals surface area contributed by atoms with Crippen molar-refractivity contribution in [2.75, 3.05) is 13.2 Å². The van der Waals surface area contributed by atoms with Crippen molar-refractivity contribution in [2.24, 2.45) is 0 Å². The molecule has 0 bridgehead atoms. The number of unbranched alkanes of at least 4 members (excludes halogenated alkanes) is 62. The van der Waals surface area contributed by atoms with Gasteiger partial charge in [0.1, 0.15) is 0 Å². The summed E-state index contributed by atoms with van der Waals surface area (Å²) in [6, 6.07) is -0.540. The van der Waals surface area contributed by atoms with E-state index < -0.39 is 12.1 Å². The molecule has 85 heavy (non-hydrogen) atoms. The fraction of sp³-hybridized carbons (Fsp3) is 0.949. The van der Waals surface area contributed by atoms with E-state index in [9.17, 15) is 19.8 Å². The summed E-state index contributed by atoms with van der Waals surface area (Å²) in [5, 5.41) is 23.5. The Balaban J connectivity index is 3.33. The van der Waals surface area contributed by atoms with Crippen LogP contribution in [0, 0.1) is 0 Å². The van der Waals surface area contributed by atoms with Crippen LogP contribution in [-0.4, -0.2) is 47.4 Å². The van der Waals surface area contributed by atoms with E-state index in [4.69, 9.17) is 4.74 Å². The Kier molecular flexibility index (Phi) is 73.8. The van der Waals surface area contributed by atoms with Crippen molar-refractivity contribution in [3.63, 3.8) is 0 Å². The number of aliphatic hydroxyl groups is 2. The second-order valence-electron chi connectivity index (χ2n) is 27.4. The number of esters is 1. The number of carbonyl (C=O) groups is 2. The van der Waals surface area contributed by atoms with Gasteiger partial charge in [-0.2, -0.15) is 0 Å². The van der Waals surface area contributed by atoms with E-state index >= 15 is 0 Å². The highest BCUT2D eigenvalue weighted by molar-refractivity contribution is 5.76. The van der Waals surface area contributed by atoms with Crippen molar-refractivity contribution in [2.45, 2.75) is 469 Å². The average Bonchev–Trinajstić information content (AvgIpc) is 3.51. The second-order valence-corrected chi connectivity index (χ2v) is 27.4. The van der Waals surface area contributed by atoms with Crippen molar-refractivity contribution in [3.05, 3.63) is 12.2 Å². The van der Waals surface area contributed by atoms with E-state index in [1.54, 1.807) is 0 Å². The maximum absolute atomic E-state index is 12.6. The van der Waals surface area contributed by atoms with Gasteiger partial charge in [0.2, 0.25) is 5.91 Å². The van der Waals surface area contributed by atoms with Gasteiger partial charge >= 0.3 is 5.97 Å². The Morgan fingerprint density at radius 2 is 0.553 bits per heavy atom. The van der Waals surface area contributed by atoms with Gasteiger partial charge in [-0.15, -0.1) is 0 Å². The molecular weight excluding hydrogens is 1040 g/mol. The molecular formula is C79H155NO5. The maximum Gasteiger partial charge on any atom is 0.305 e. The highest BCUT2D eigenvalue weighted by Crippen LogP contribution is 2.20. The van der Waals surface area contributed by atoms with Crippen LogP contribution in [0.4, 0.5) is 0 Å². The van der Waals surface area contributed by atoms with Gasteiger partial charge in [0, 0.05) is 12.8 Å². The van der Waals surface area contributed by atoms with Gasteiger partial charge < -0.3 is 20.3 Å². The van der Waals surface area contributed by atoms with Gasteiger partial charge in [-0.25, -0.2) is 0 Å². The van der Waals surface area contributed by atoms with Gasteiger partial charge in [-0.3, -0.25) is 9.59 Å². The number of ether oxygens (including phenoxy) is 1. The Bertz CT molecular complexity index is 1290. The van der Waals surface area contributed by atoms with Gasteiger partial charge in [0.15, 0.2) is 0 Å². The topological polar surface area (TPSA) is 95.9 Å². The first-order chi connectivity index (χ1) is 42.0. The highest BCUT2D eigenvalue weighted by atomic mass is 16.5. The zero-order valence-electron chi connectivity index (χ0n) is 58.1. The molecule has 0 aliphatic rings. The normalized spacial score (nSPS) is 12.5. The Morgan fingerprint density at radius 1 is 0.318 bits per heavy atom. The lowest BCUT2D eigenvalue weighted by atomic mass is 10.0. The van der Waals surface area contributed by atoms with Crippen LogP contribution in [-0.2, 0) is 14.3 Å². The van der Waals surface area contributed by atoms with Crippen LogP contribution in [0.2, 0.25) is 0 Å². The lowest BCUT2D eigenvalue weighted by molar-refractivity contribution is -0.143. The van der Waals surface area contributed by atoms with Gasteiger partial charge in [-0.05, 0) is 51.4 Å². The minimum atomic E-state index is -0.663. The molecule has 0 aromatic rings. The molecule has 0 aliphatic heterocycles. The third-order valence-electron chi connectivity index (χ3n) is 18.8. The molecule has 0 radical (unpaired) electrons. The second kappa shape index (κ2) is 75.1. The summed E-state index contributed by atoms with van der Waals surface area (Å²) in [5.74, 6) is -0.00726. The molecule has 2 atom stereocenters. The molecule has 2 unspecified atom stereocenters. The lowest BCUT2D eigenvalue weighted by Crippen LogP contribution is -2.45. The molecule has 0 fully saturated rings. The SMILES string of the molecule is CCCCCCCC/C=C\CCCCCCCCCCCC(=O)OCCCCCCCCCCCCCCCCCCCCCCCCCCCCCC(=O)NC(CO)C(O)CCCCCCCCCCCCCCCCCCCCCCCC. The van der Waals surface area contributed by atoms with E-state index in [1.165, 1.54) is 385 Å². The molecule has 506 valence electrons. The number of nitrogens with one attached hydrogen (secondary N) is 1. The fourth-order valence-corrected chi connectivity index (χ4v) is 12.8. The first kappa shape index (κ1) is 83.6. The molecule has 1 amide bonds. The van der Waals surface area contributed by atoms with Crippen molar-refractivity contribution in [3.8, 4) is 0 Å². The van der Waals surface area contributed by atoms with E-state index in [-0.39, 0.29) is 18.5 Å². The third-order valence-corrected chi connectivity index (χ3v) is 18.8. The molecule has 0 saturated heterocycles. The summed E-state index contributed by atoms with van der Waals surface area (Å²) >= 11 is 0. The first-order valence-electron chi connectivity index (χ1n) is 39.4. The molecule has 0 rings (SSSR count). The third kappa shape index (κ3) is 71.6. The number of hydrogen-bond donors (Lipinski definition) is 3. The van der Waals surface area contributed by atoms with Crippen molar-refractivity contribution < 1.29 is 24.5 Å². The van der Waals surface area contributed by atoms with E-state index in [0.29, 0.717) is 25.9 Å². The van der Waals surface area contributed by atoms with Crippen molar-refractivity contribution >= 4 is 11.9 Å². The number of carbonyl (C=O) groups excluding carboxylic acids is 2. The quantitative estimate of drug-likeness (QED) is 0.0320. The first-order valence-corrected chi connectivity index (χ1v) is 39.4. The predicted octanol–water partition coefficient (Wildman–Crippen LogP) is 25.9. The minimum absolute atomic E-state index is 0.0192. The van der Waals surface area contributed by atoms with E-state index in [0.717, 1.165) is 38.5 Å². The van der Waals surface area contributed by atoms with Crippen molar-refractivity contribution in [1.29, 1.82) is 0 Å². The number of rotatable bonds is 75. The standard InChI is InChI=1S/C79H155NO5/c1-3-5-7-9-11-13-15-17-19-21-23-24-32-36-39-43-47-51-55-59-63-67-71-77(82)76(75-81)80-78(83)72-68-64-60-56-52-48-44-40-37-33-30-28-26-25-27-29-31-34-38-42-46-50-54-58-62-66-70-74-85-79(84)73-69-65-61-57-53-49-45-41-35-22-20-18-16-14-12-10-8-6-4-2/h18,20,76-77,81-82H,3-17,19,21-75H2,1-2H3,(H,80,83)/b20-18-. The largest absolute Gasteiger partial charge is 0.466 e. The van der Waals surface area contributed by atoms with Crippen LogP contribution >= 0.6 is 0 Å². The summed E-state index contributed by atoms with van der Waals surface area (Å²) in [5.41, 5.74) is 0. The van der Waals surface area contributed by atoms with Crippen LogP contribution < -0.4 is 5.32 Å². The molecule has 0 aromatic heterocycles. The molecule has 0 spiro atoms. The number of amides is 1. The monoisotopic (exact) mass is 1200 g/mol. The van der Waals surface area contributed by atoms with E-state index in [2.05, 4.69) is 31.3 Å². The number of allylic oxidation sites excluding steroid dienone is 2. The van der Waals surface area contributed by atoms with Crippen LogP contribution in [0.1, 0.15) is 457 Å². The van der Waals surface area contributed by atoms with Crippen LogP contribution in [0.5, 0.6) is 0 Å². The van der Waals surface area contributed by atoms with Crippen LogP contribution in [0.15, 0.2) is 12.2 Å². The number of hydrogen-bond acceptors (Lipinski definition) is 5. The Morgan fingerprint density at radius 3 is 0.835 bits per heavy atom.